The number of aliphatic hydroxyl groups excluding tert-OH is 1. The third kappa shape index (κ3) is 2.62. The summed E-state index contributed by atoms with van der Waals surface area (Å²) in [7, 11) is 0. The van der Waals surface area contributed by atoms with Crippen LogP contribution in [0.15, 0.2) is 18.2 Å². The molecule has 1 saturated heterocycles. The molecule has 0 amide bonds. The first-order valence-corrected chi connectivity index (χ1v) is 7.24. The normalized spacial score (nSPS) is 19.7. The summed E-state index contributed by atoms with van der Waals surface area (Å²) >= 11 is 0. The van der Waals surface area contributed by atoms with Gasteiger partial charge < -0.3 is 10.0 Å². The van der Waals surface area contributed by atoms with E-state index in [0.29, 0.717) is 16.7 Å². The van der Waals surface area contributed by atoms with E-state index in [9.17, 15) is 9.50 Å². The van der Waals surface area contributed by atoms with E-state index in [1.165, 1.54) is 6.07 Å². The molecule has 0 spiro atoms. The Bertz CT molecular complexity index is 440. The van der Waals surface area contributed by atoms with Crippen molar-refractivity contribution in [1.29, 1.82) is 0 Å². The third-order valence-electron chi connectivity index (χ3n) is 4.72. The summed E-state index contributed by atoms with van der Waals surface area (Å²) in [5.41, 5.74) is 1.60. The molecule has 1 N–H and O–H groups in total. The Balaban J connectivity index is 2.34. The van der Waals surface area contributed by atoms with Crippen molar-refractivity contribution in [2.24, 2.45) is 5.41 Å². The molecule has 1 unspecified atom stereocenters. The van der Waals surface area contributed by atoms with Gasteiger partial charge in [-0.05, 0) is 37.7 Å². The molecule has 0 aliphatic carbocycles. The molecule has 2 nitrogen and oxygen atoms in total. The van der Waals surface area contributed by atoms with Crippen molar-refractivity contribution < 1.29 is 9.50 Å². The van der Waals surface area contributed by atoms with Crippen LogP contribution in [0.25, 0.3) is 0 Å². The lowest BCUT2D eigenvalue weighted by Crippen LogP contribution is -2.27. The Morgan fingerprint density at radius 1 is 1.37 bits per heavy atom. The fraction of sp³-hybridized carbons (Fsp3) is 0.625. The zero-order chi connectivity index (χ0) is 14.0. The van der Waals surface area contributed by atoms with E-state index in [0.717, 1.165) is 32.4 Å². The van der Waals surface area contributed by atoms with E-state index in [1.54, 1.807) is 13.0 Å². The average molecular weight is 265 g/mol. The molecule has 1 aromatic carbocycles. The van der Waals surface area contributed by atoms with Gasteiger partial charge in [0.15, 0.2) is 0 Å². The monoisotopic (exact) mass is 265 g/mol. The van der Waals surface area contributed by atoms with Gasteiger partial charge in [-0.2, -0.15) is 0 Å². The number of aliphatic hydroxyl groups is 1. The largest absolute Gasteiger partial charge is 0.389 e. The predicted octanol–water partition coefficient (Wildman–Crippen LogP) is 3.90. The first-order chi connectivity index (χ1) is 9.03. The molecule has 19 heavy (non-hydrogen) atoms. The summed E-state index contributed by atoms with van der Waals surface area (Å²) in [6.45, 7) is 7.89. The van der Waals surface area contributed by atoms with Gasteiger partial charge in [0.05, 0.1) is 11.8 Å². The summed E-state index contributed by atoms with van der Waals surface area (Å²) < 4.78 is 14.2. The van der Waals surface area contributed by atoms with Crippen LogP contribution in [0.5, 0.6) is 0 Å². The molecule has 2 rings (SSSR count). The van der Waals surface area contributed by atoms with E-state index in [-0.39, 0.29) is 5.82 Å². The molecule has 1 atom stereocenters. The molecule has 0 aromatic heterocycles. The molecule has 1 aliphatic heterocycles. The number of hydrogen-bond acceptors (Lipinski definition) is 2. The second kappa shape index (κ2) is 5.49. The van der Waals surface area contributed by atoms with Gasteiger partial charge in [-0.25, -0.2) is 4.39 Å². The lowest BCUT2D eigenvalue weighted by atomic mass is 9.82. The lowest BCUT2D eigenvalue weighted by molar-refractivity contribution is 0.199. The second-order valence-electron chi connectivity index (χ2n) is 5.73. The van der Waals surface area contributed by atoms with Gasteiger partial charge in [-0.1, -0.05) is 26.0 Å². The maximum absolute atomic E-state index is 14.2. The van der Waals surface area contributed by atoms with E-state index in [2.05, 4.69) is 18.7 Å². The highest BCUT2D eigenvalue weighted by atomic mass is 19.1. The predicted molar refractivity (Wildman–Crippen MR) is 76.9 cm³/mol. The van der Waals surface area contributed by atoms with Gasteiger partial charge in [-0.3, -0.25) is 0 Å². The maximum Gasteiger partial charge on any atom is 0.146 e. The van der Waals surface area contributed by atoms with Crippen molar-refractivity contribution in [2.75, 3.05) is 18.0 Å². The number of para-hydroxylation sites is 1. The van der Waals surface area contributed by atoms with Crippen molar-refractivity contribution in [1.82, 2.24) is 0 Å². The molecule has 3 heteroatoms. The Morgan fingerprint density at radius 3 is 2.58 bits per heavy atom. The Kier molecular flexibility index (Phi) is 4.14. The van der Waals surface area contributed by atoms with Crippen LogP contribution in [0.4, 0.5) is 10.1 Å². The van der Waals surface area contributed by atoms with Gasteiger partial charge in [-0.15, -0.1) is 0 Å². The number of anilines is 1. The first kappa shape index (κ1) is 14.3. The summed E-state index contributed by atoms with van der Waals surface area (Å²) in [5, 5.41) is 9.84. The minimum absolute atomic E-state index is 0.221. The summed E-state index contributed by atoms with van der Waals surface area (Å²) in [5.74, 6) is -0.221. The zero-order valence-electron chi connectivity index (χ0n) is 12.1. The van der Waals surface area contributed by atoms with Gasteiger partial charge in [0.25, 0.3) is 0 Å². The van der Waals surface area contributed by atoms with Crippen LogP contribution < -0.4 is 4.90 Å². The molecule has 106 valence electrons. The highest BCUT2D eigenvalue weighted by molar-refractivity contribution is 5.56. The molecule has 1 heterocycles. The van der Waals surface area contributed by atoms with E-state index in [1.807, 2.05) is 6.07 Å². The average Bonchev–Trinajstić information content (AvgIpc) is 2.83. The number of hydrogen-bond donors (Lipinski definition) is 1. The minimum atomic E-state index is -0.635. The second-order valence-corrected chi connectivity index (χ2v) is 5.73. The summed E-state index contributed by atoms with van der Waals surface area (Å²) in [4.78, 5) is 2.12. The van der Waals surface area contributed by atoms with Crippen molar-refractivity contribution in [2.45, 2.75) is 46.1 Å². The van der Waals surface area contributed by atoms with E-state index < -0.39 is 6.10 Å². The Labute approximate surface area is 115 Å². The Morgan fingerprint density at radius 2 is 2.05 bits per heavy atom. The van der Waals surface area contributed by atoms with Crippen molar-refractivity contribution in [3.8, 4) is 0 Å². The lowest BCUT2D eigenvalue weighted by Gasteiger charge is -2.29. The van der Waals surface area contributed by atoms with Crippen molar-refractivity contribution in [3.05, 3.63) is 29.6 Å². The molecule has 1 aliphatic rings. The fourth-order valence-electron chi connectivity index (χ4n) is 3.16. The molecule has 1 aromatic rings. The molecular formula is C16H24FNO. The highest BCUT2D eigenvalue weighted by Crippen LogP contribution is 2.41. The van der Waals surface area contributed by atoms with Crippen LogP contribution in [0, 0.1) is 11.2 Å². The molecular weight excluding hydrogens is 241 g/mol. The quantitative estimate of drug-likeness (QED) is 0.892. The van der Waals surface area contributed by atoms with E-state index >= 15 is 0 Å². The van der Waals surface area contributed by atoms with Crippen LogP contribution in [-0.2, 0) is 0 Å². The van der Waals surface area contributed by atoms with Crippen LogP contribution in [-0.4, -0.2) is 18.2 Å². The summed E-state index contributed by atoms with van der Waals surface area (Å²) in [6.07, 6.45) is 2.72. The SMILES string of the molecule is CCC1(CC)CCN(c2c(F)cccc2C(C)O)C1. The van der Waals surface area contributed by atoms with Gasteiger partial charge in [0.2, 0.25) is 0 Å². The maximum atomic E-state index is 14.2. The molecule has 1 fully saturated rings. The minimum Gasteiger partial charge on any atom is -0.389 e. The van der Waals surface area contributed by atoms with E-state index in [4.69, 9.17) is 0 Å². The van der Waals surface area contributed by atoms with Crippen molar-refractivity contribution in [3.63, 3.8) is 0 Å². The van der Waals surface area contributed by atoms with Crippen molar-refractivity contribution >= 4 is 5.69 Å². The summed E-state index contributed by atoms with van der Waals surface area (Å²) in [6, 6.07) is 4.98. The number of nitrogens with zero attached hydrogens (tertiary/aromatic N) is 1. The van der Waals surface area contributed by atoms with Crippen LogP contribution in [0.3, 0.4) is 0 Å². The number of benzene rings is 1. The number of rotatable bonds is 4. The zero-order valence-corrected chi connectivity index (χ0v) is 12.1. The smallest absolute Gasteiger partial charge is 0.146 e. The van der Waals surface area contributed by atoms with Gasteiger partial charge in [0, 0.05) is 18.7 Å². The number of halogens is 1. The fourth-order valence-corrected chi connectivity index (χ4v) is 3.16. The molecule has 0 saturated carbocycles. The topological polar surface area (TPSA) is 23.5 Å². The molecule has 0 bridgehead atoms. The third-order valence-corrected chi connectivity index (χ3v) is 4.72. The highest BCUT2D eigenvalue weighted by Gasteiger charge is 2.36. The van der Waals surface area contributed by atoms with Crippen LogP contribution in [0.2, 0.25) is 0 Å². The van der Waals surface area contributed by atoms with Gasteiger partial charge >= 0.3 is 0 Å². The van der Waals surface area contributed by atoms with Crippen LogP contribution >= 0.6 is 0 Å². The Hall–Kier alpha value is -1.09. The molecule has 0 radical (unpaired) electrons. The first-order valence-electron chi connectivity index (χ1n) is 7.24. The van der Waals surface area contributed by atoms with Crippen LogP contribution in [0.1, 0.15) is 51.7 Å². The van der Waals surface area contributed by atoms with Gasteiger partial charge in [0.1, 0.15) is 5.82 Å². The standard InChI is InChI=1S/C16H24FNO/c1-4-16(5-2)9-10-18(11-16)15-13(12(3)19)7-6-8-14(15)17/h6-8,12,19H,4-5,9-11H2,1-3H3.